The average molecular weight is 267 g/mol. The lowest BCUT2D eigenvalue weighted by atomic mass is 10.2. The Labute approximate surface area is 112 Å². The Hall–Kier alpha value is -1.46. The van der Waals surface area contributed by atoms with Crippen LogP contribution < -0.4 is 0 Å². The highest BCUT2D eigenvalue weighted by Gasteiger charge is 2.17. The fourth-order valence-corrected chi connectivity index (χ4v) is 2.05. The van der Waals surface area contributed by atoms with Crippen molar-refractivity contribution in [1.29, 1.82) is 0 Å². The maximum absolute atomic E-state index is 13.0. The van der Waals surface area contributed by atoms with E-state index in [4.69, 9.17) is 9.47 Å². The molecule has 1 aliphatic heterocycles. The summed E-state index contributed by atoms with van der Waals surface area (Å²) in [4.78, 5) is 14.0. The van der Waals surface area contributed by atoms with E-state index in [1.54, 1.807) is 6.07 Å². The summed E-state index contributed by atoms with van der Waals surface area (Å²) >= 11 is 0. The maximum atomic E-state index is 13.0. The largest absolute Gasteiger partial charge is 0.458 e. The monoisotopic (exact) mass is 267 g/mol. The fraction of sp³-hybridized carbons (Fsp3) is 0.500. The molecular weight excluding hydrogens is 249 g/mol. The first-order chi connectivity index (χ1) is 9.15. The third-order valence-electron chi connectivity index (χ3n) is 2.99. The van der Waals surface area contributed by atoms with Gasteiger partial charge in [0, 0.05) is 19.6 Å². The Kier molecular flexibility index (Phi) is 4.87. The van der Waals surface area contributed by atoms with Crippen LogP contribution in [0.15, 0.2) is 24.3 Å². The minimum atomic E-state index is -0.486. The highest BCUT2D eigenvalue weighted by Crippen LogP contribution is 2.08. The third kappa shape index (κ3) is 4.29. The van der Waals surface area contributed by atoms with E-state index in [2.05, 4.69) is 4.90 Å². The van der Waals surface area contributed by atoms with Crippen LogP contribution in [0, 0.1) is 5.82 Å². The summed E-state index contributed by atoms with van der Waals surface area (Å²) in [5.74, 6) is -0.921. The van der Waals surface area contributed by atoms with Crippen molar-refractivity contribution in [2.45, 2.75) is 13.0 Å². The molecule has 4 nitrogen and oxygen atoms in total. The Morgan fingerprint density at radius 2 is 2.21 bits per heavy atom. The van der Waals surface area contributed by atoms with Crippen LogP contribution in [0.5, 0.6) is 0 Å². The van der Waals surface area contributed by atoms with E-state index in [1.807, 2.05) is 6.92 Å². The second kappa shape index (κ2) is 6.63. The van der Waals surface area contributed by atoms with Gasteiger partial charge in [-0.3, -0.25) is 4.90 Å². The minimum Gasteiger partial charge on any atom is -0.458 e. The zero-order chi connectivity index (χ0) is 13.7. The molecular formula is C14H18FNO3. The van der Waals surface area contributed by atoms with Gasteiger partial charge in [-0.05, 0) is 25.1 Å². The van der Waals surface area contributed by atoms with Crippen LogP contribution in [0.25, 0.3) is 0 Å². The van der Waals surface area contributed by atoms with E-state index >= 15 is 0 Å². The molecule has 0 bridgehead atoms. The summed E-state index contributed by atoms with van der Waals surface area (Å²) in [6, 6.07) is 5.53. The second-order valence-corrected chi connectivity index (χ2v) is 4.64. The number of esters is 1. The SMILES string of the molecule is C[C@H](CN1CCOCC1)OC(=O)c1cccc(F)c1. The summed E-state index contributed by atoms with van der Waals surface area (Å²) in [6.45, 7) is 5.63. The molecule has 0 unspecified atom stereocenters. The van der Waals surface area contributed by atoms with Crippen LogP contribution in [0.3, 0.4) is 0 Å². The van der Waals surface area contributed by atoms with Gasteiger partial charge in [-0.15, -0.1) is 0 Å². The number of hydrogen-bond acceptors (Lipinski definition) is 4. The molecule has 0 spiro atoms. The number of benzene rings is 1. The first-order valence-electron chi connectivity index (χ1n) is 6.42. The molecule has 0 N–H and O–H groups in total. The van der Waals surface area contributed by atoms with Gasteiger partial charge in [-0.2, -0.15) is 0 Å². The number of halogens is 1. The highest BCUT2D eigenvalue weighted by molar-refractivity contribution is 5.89. The van der Waals surface area contributed by atoms with Gasteiger partial charge in [-0.1, -0.05) is 6.07 Å². The third-order valence-corrected chi connectivity index (χ3v) is 2.99. The van der Waals surface area contributed by atoms with Crippen LogP contribution in [0.2, 0.25) is 0 Å². The first-order valence-corrected chi connectivity index (χ1v) is 6.42. The lowest BCUT2D eigenvalue weighted by Gasteiger charge is -2.28. The summed E-state index contributed by atoms with van der Waals surface area (Å²) in [6.07, 6.45) is -0.228. The zero-order valence-electron chi connectivity index (χ0n) is 11.0. The van der Waals surface area contributed by atoms with E-state index in [9.17, 15) is 9.18 Å². The lowest BCUT2D eigenvalue weighted by molar-refractivity contribution is 0.000422. The van der Waals surface area contributed by atoms with E-state index in [0.29, 0.717) is 19.8 Å². The Bertz CT molecular complexity index is 432. The smallest absolute Gasteiger partial charge is 0.338 e. The van der Waals surface area contributed by atoms with Crippen LogP contribution in [0.1, 0.15) is 17.3 Å². The van der Waals surface area contributed by atoms with Gasteiger partial charge in [0.1, 0.15) is 11.9 Å². The van der Waals surface area contributed by atoms with Crippen molar-refractivity contribution in [1.82, 2.24) is 4.90 Å². The van der Waals surface area contributed by atoms with Gasteiger partial charge in [0.05, 0.1) is 18.8 Å². The molecule has 1 fully saturated rings. The van der Waals surface area contributed by atoms with Crippen molar-refractivity contribution in [3.8, 4) is 0 Å². The standard InChI is InChI=1S/C14H18FNO3/c1-11(10-16-5-7-18-8-6-16)19-14(17)12-3-2-4-13(15)9-12/h2-4,9,11H,5-8,10H2,1H3/t11-/m1/s1. The number of ether oxygens (including phenoxy) is 2. The van der Waals surface area contributed by atoms with Crippen molar-refractivity contribution < 1.29 is 18.7 Å². The van der Waals surface area contributed by atoms with Gasteiger partial charge >= 0.3 is 5.97 Å². The van der Waals surface area contributed by atoms with Crippen LogP contribution >= 0.6 is 0 Å². The Morgan fingerprint density at radius 3 is 2.89 bits per heavy atom. The van der Waals surface area contributed by atoms with Crippen LogP contribution in [-0.2, 0) is 9.47 Å². The number of hydrogen-bond donors (Lipinski definition) is 0. The van der Waals surface area contributed by atoms with Crippen molar-refractivity contribution in [2.24, 2.45) is 0 Å². The van der Waals surface area contributed by atoms with Gasteiger partial charge in [-0.25, -0.2) is 9.18 Å². The molecule has 0 amide bonds. The topological polar surface area (TPSA) is 38.8 Å². The molecule has 1 heterocycles. The first kappa shape index (κ1) is 14.0. The molecule has 1 saturated heterocycles. The molecule has 2 rings (SSSR count). The van der Waals surface area contributed by atoms with Crippen molar-refractivity contribution >= 4 is 5.97 Å². The van der Waals surface area contributed by atoms with Crippen molar-refractivity contribution in [3.63, 3.8) is 0 Å². The Balaban J connectivity index is 1.84. The highest BCUT2D eigenvalue weighted by atomic mass is 19.1. The molecule has 0 aromatic heterocycles. The van der Waals surface area contributed by atoms with E-state index < -0.39 is 11.8 Å². The normalized spacial score (nSPS) is 18.0. The maximum Gasteiger partial charge on any atom is 0.338 e. The van der Waals surface area contributed by atoms with Crippen molar-refractivity contribution in [3.05, 3.63) is 35.6 Å². The molecule has 19 heavy (non-hydrogen) atoms. The summed E-state index contributed by atoms with van der Waals surface area (Å²) in [5, 5.41) is 0. The van der Waals surface area contributed by atoms with Gasteiger partial charge < -0.3 is 9.47 Å². The van der Waals surface area contributed by atoms with Crippen molar-refractivity contribution in [2.75, 3.05) is 32.8 Å². The fourth-order valence-electron chi connectivity index (χ4n) is 2.05. The summed E-state index contributed by atoms with van der Waals surface area (Å²) in [5.41, 5.74) is 0.244. The number of morpholine rings is 1. The Morgan fingerprint density at radius 1 is 1.47 bits per heavy atom. The van der Waals surface area contributed by atoms with Gasteiger partial charge in [0.15, 0.2) is 0 Å². The van der Waals surface area contributed by atoms with E-state index in [1.165, 1.54) is 18.2 Å². The minimum absolute atomic E-state index is 0.228. The predicted octanol–water partition coefficient (Wildman–Crippen LogP) is 1.70. The number of carbonyl (C=O) groups excluding carboxylic acids is 1. The zero-order valence-corrected chi connectivity index (χ0v) is 11.0. The van der Waals surface area contributed by atoms with E-state index in [-0.39, 0.29) is 11.7 Å². The van der Waals surface area contributed by atoms with Crippen LogP contribution in [0.4, 0.5) is 4.39 Å². The molecule has 5 heteroatoms. The van der Waals surface area contributed by atoms with E-state index in [0.717, 1.165) is 13.1 Å². The molecule has 0 aliphatic carbocycles. The molecule has 0 saturated carbocycles. The quantitative estimate of drug-likeness (QED) is 0.778. The molecule has 1 aliphatic rings. The molecule has 1 aromatic carbocycles. The molecule has 1 aromatic rings. The number of nitrogens with zero attached hydrogens (tertiary/aromatic N) is 1. The van der Waals surface area contributed by atoms with Gasteiger partial charge in [0.25, 0.3) is 0 Å². The molecule has 104 valence electrons. The number of rotatable bonds is 4. The van der Waals surface area contributed by atoms with Crippen LogP contribution in [-0.4, -0.2) is 49.8 Å². The summed E-state index contributed by atoms with van der Waals surface area (Å²) < 4.78 is 23.6. The second-order valence-electron chi connectivity index (χ2n) is 4.64. The van der Waals surface area contributed by atoms with Gasteiger partial charge in [0.2, 0.25) is 0 Å². The summed E-state index contributed by atoms with van der Waals surface area (Å²) in [7, 11) is 0. The lowest BCUT2D eigenvalue weighted by Crippen LogP contribution is -2.41. The average Bonchev–Trinajstić information content (AvgIpc) is 2.39. The predicted molar refractivity (Wildman–Crippen MR) is 68.5 cm³/mol. The number of carbonyl (C=O) groups is 1. The molecule has 1 atom stereocenters. The molecule has 0 radical (unpaired) electrons.